The lowest BCUT2D eigenvalue weighted by atomic mass is 9.89. The second-order valence-corrected chi connectivity index (χ2v) is 8.88. The Kier molecular flexibility index (Phi) is 7.43. The monoisotopic (exact) mass is 435 g/mol. The van der Waals surface area contributed by atoms with E-state index in [1.54, 1.807) is 6.07 Å². The maximum absolute atomic E-state index is 13.1. The third-order valence-electron chi connectivity index (χ3n) is 6.40. The molecule has 0 aliphatic carbocycles. The Morgan fingerprint density at radius 1 is 1.06 bits per heavy atom. The SMILES string of the molecule is CC(=O)Nc1ccc(N2CCC(Cc3ccccc3)CC2)c(C(=O)NCC2CCCO2)c1. The van der Waals surface area contributed by atoms with Crippen molar-refractivity contribution in [2.45, 2.75) is 45.1 Å². The van der Waals surface area contributed by atoms with Crippen molar-refractivity contribution in [1.82, 2.24) is 5.32 Å². The van der Waals surface area contributed by atoms with Gasteiger partial charge in [0.1, 0.15) is 0 Å². The molecule has 2 fully saturated rings. The van der Waals surface area contributed by atoms with Gasteiger partial charge in [-0.05, 0) is 61.8 Å². The molecule has 2 saturated heterocycles. The first-order valence-electron chi connectivity index (χ1n) is 11.7. The van der Waals surface area contributed by atoms with E-state index in [0.29, 0.717) is 23.7 Å². The van der Waals surface area contributed by atoms with Gasteiger partial charge in [-0.2, -0.15) is 0 Å². The minimum absolute atomic E-state index is 0.0923. The van der Waals surface area contributed by atoms with Gasteiger partial charge in [0, 0.05) is 44.5 Å². The zero-order chi connectivity index (χ0) is 22.3. The molecule has 2 heterocycles. The average molecular weight is 436 g/mol. The molecule has 0 radical (unpaired) electrons. The highest BCUT2D eigenvalue weighted by atomic mass is 16.5. The molecule has 6 nitrogen and oxygen atoms in total. The van der Waals surface area contributed by atoms with E-state index in [2.05, 4.69) is 45.9 Å². The Morgan fingerprint density at radius 2 is 1.84 bits per heavy atom. The number of carbonyl (C=O) groups excluding carboxylic acids is 2. The molecule has 0 aromatic heterocycles. The predicted molar refractivity (Wildman–Crippen MR) is 127 cm³/mol. The lowest BCUT2D eigenvalue weighted by Crippen LogP contribution is -2.37. The highest BCUT2D eigenvalue weighted by Gasteiger charge is 2.24. The molecule has 170 valence electrons. The van der Waals surface area contributed by atoms with Crippen LogP contribution < -0.4 is 15.5 Å². The summed E-state index contributed by atoms with van der Waals surface area (Å²) in [6.45, 7) is 4.60. The quantitative estimate of drug-likeness (QED) is 0.689. The van der Waals surface area contributed by atoms with Crippen LogP contribution in [0.2, 0.25) is 0 Å². The fraction of sp³-hybridized carbons (Fsp3) is 0.462. The largest absolute Gasteiger partial charge is 0.376 e. The molecule has 2 aliphatic rings. The summed E-state index contributed by atoms with van der Waals surface area (Å²) in [5, 5.41) is 5.84. The van der Waals surface area contributed by atoms with Gasteiger partial charge in [0.15, 0.2) is 0 Å². The van der Waals surface area contributed by atoms with Crippen molar-refractivity contribution < 1.29 is 14.3 Å². The molecular weight excluding hydrogens is 402 g/mol. The number of amides is 2. The molecule has 2 amide bonds. The molecule has 2 aromatic rings. The van der Waals surface area contributed by atoms with Gasteiger partial charge in [-0.1, -0.05) is 30.3 Å². The predicted octanol–water partition coefficient (Wildman–Crippen LogP) is 4.01. The van der Waals surface area contributed by atoms with Crippen molar-refractivity contribution in [1.29, 1.82) is 0 Å². The molecule has 2 N–H and O–H groups in total. The highest BCUT2D eigenvalue weighted by molar-refractivity contribution is 6.02. The van der Waals surface area contributed by atoms with E-state index in [-0.39, 0.29) is 17.9 Å². The van der Waals surface area contributed by atoms with Crippen LogP contribution in [0.1, 0.15) is 48.5 Å². The van der Waals surface area contributed by atoms with E-state index in [1.165, 1.54) is 12.5 Å². The molecule has 32 heavy (non-hydrogen) atoms. The number of carbonyl (C=O) groups is 2. The average Bonchev–Trinajstić information content (AvgIpc) is 3.32. The van der Waals surface area contributed by atoms with Crippen LogP contribution in [0.15, 0.2) is 48.5 Å². The Balaban J connectivity index is 1.44. The van der Waals surface area contributed by atoms with Crippen LogP contribution >= 0.6 is 0 Å². The normalized spacial score (nSPS) is 19.0. The first-order valence-corrected chi connectivity index (χ1v) is 11.7. The summed E-state index contributed by atoms with van der Waals surface area (Å²) in [4.78, 5) is 26.9. The van der Waals surface area contributed by atoms with E-state index in [9.17, 15) is 9.59 Å². The summed E-state index contributed by atoms with van der Waals surface area (Å²) in [6.07, 6.45) is 5.41. The third-order valence-corrected chi connectivity index (χ3v) is 6.40. The Bertz CT molecular complexity index is 917. The van der Waals surface area contributed by atoms with Crippen LogP contribution in [0, 0.1) is 5.92 Å². The zero-order valence-electron chi connectivity index (χ0n) is 18.8. The van der Waals surface area contributed by atoms with E-state index in [4.69, 9.17) is 4.74 Å². The van der Waals surface area contributed by atoms with Gasteiger partial charge >= 0.3 is 0 Å². The summed E-state index contributed by atoms with van der Waals surface area (Å²) in [5.41, 5.74) is 3.57. The van der Waals surface area contributed by atoms with Gasteiger partial charge in [-0.3, -0.25) is 9.59 Å². The van der Waals surface area contributed by atoms with E-state index >= 15 is 0 Å². The van der Waals surface area contributed by atoms with Crippen LogP contribution in [0.25, 0.3) is 0 Å². The van der Waals surface area contributed by atoms with Gasteiger partial charge in [-0.25, -0.2) is 0 Å². The Labute approximate surface area is 190 Å². The Morgan fingerprint density at radius 3 is 2.53 bits per heavy atom. The molecular formula is C26H33N3O3. The molecule has 4 rings (SSSR count). The van der Waals surface area contributed by atoms with Crippen LogP contribution in [-0.2, 0) is 16.0 Å². The maximum Gasteiger partial charge on any atom is 0.253 e. The second-order valence-electron chi connectivity index (χ2n) is 8.88. The summed E-state index contributed by atoms with van der Waals surface area (Å²) in [6, 6.07) is 16.3. The van der Waals surface area contributed by atoms with Crippen molar-refractivity contribution in [3.63, 3.8) is 0 Å². The van der Waals surface area contributed by atoms with Gasteiger partial charge in [0.2, 0.25) is 5.91 Å². The number of benzene rings is 2. The van der Waals surface area contributed by atoms with E-state index in [0.717, 1.165) is 57.5 Å². The standard InChI is InChI=1S/C26H33N3O3/c1-19(30)28-22-9-10-25(24(17-22)26(31)27-18-23-8-5-15-32-23)29-13-11-21(12-14-29)16-20-6-3-2-4-7-20/h2-4,6-7,9-10,17,21,23H,5,8,11-16,18H2,1H3,(H,27,31)(H,28,30). The lowest BCUT2D eigenvalue weighted by Gasteiger charge is -2.35. The third kappa shape index (κ3) is 5.88. The molecule has 6 heteroatoms. The first kappa shape index (κ1) is 22.3. The van der Waals surface area contributed by atoms with Crippen LogP contribution in [-0.4, -0.2) is 44.2 Å². The number of hydrogen-bond acceptors (Lipinski definition) is 4. The summed E-state index contributed by atoms with van der Waals surface area (Å²) < 4.78 is 5.64. The van der Waals surface area contributed by atoms with Crippen molar-refractivity contribution in [2.24, 2.45) is 5.92 Å². The van der Waals surface area contributed by atoms with Crippen LogP contribution in [0.5, 0.6) is 0 Å². The minimum atomic E-state index is -0.148. The number of hydrogen-bond donors (Lipinski definition) is 2. The van der Waals surface area contributed by atoms with Gasteiger partial charge in [0.05, 0.1) is 11.7 Å². The van der Waals surface area contributed by atoms with Crippen LogP contribution in [0.3, 0.4) is 0 Å². The van der Waals surface area contributed by atoms with Crippen molar-refractivity contribution in [2.75, 3.05) is 36.5 Å². The molecule has 2 aliphatic heterocycles. The smallest absolute Gasteiger partial charge is 0.253 e. The van der Waals surface area contributed by atoms with Crippen molar-refractivity contribution >= 4 is 23.2 Å². The summed E-state index contributed by atoms with van der Waals surface area (Å²) in [7, 11) is 0. The van der Waals surface area contributed by atoms with Gasteiger partial charge < -0.3 is 20.3 Å². The number of nitrogens with zero attached hydrogens (tertiary/aromatic N) is 1. The lowest BCUT2D eigenvalue weighted by molar-refractivity contribution is -0.114. The topological polar surface area (TPSA) is 70.7 Å². The molecule has 2 aromatic carbocycles. The molecule has 0 spiro atoms. The first-order chi connectivity index (χ1) is 15.6. The van der Waals surface area contributed by atoms with E-state index < -0.39 is 0 Å². The fourth-order valence-electron chi connectivity index (χ4n) is 4.71. The van der Waals surface area contributed by atoms with Crippen molar-refractivity contribution in [3.05, 3.63) is 59.7 Å². The molecule has 1 atom stereocenters. The fourth-order valence-corrected chi connectivity index (χ4v) is 4.71. The molecule has 0 bridgehead atoms. The van der Waals surface area contributed by atoms with Crippen molar-refractivity contribution in [3.8, 4) is 0 Å². The maximum atomic E-state index is 13.1. The molecule has 0 saturated carbocycles. The number of rotatable bonds is 7. The Hall–Kier alpha value is -2.86. The zero-order valence-corrected chi connectivity index (χ0v) is 18.8. The highest BCUT2D eigenvalue weighted by Crippen LogP contribution is 2.30. The van der Waals surface area contributed by atoms with E-state index in [1.807, 2.05) is 12.1 Å². The van der Waals surface area contributed by atoms with Crippen LogP contribution in [0.4, 0.5) is 11.4 Å². The number of ether oxygens (including phenoxy) is 1. The van der Waals surface area contributed by atoms with Gasteiger partial charge in [-0.15, -0.1) is 0 Å². The number of piperidine rings is 1. The summed E-state index contributed by atoms with van der Waals surface area (Å²) >= 11 is 0. The minimum Gasteiger partial charge on any atom is -0.376 e. The molecule has 1 unspecified atom stereocenters. The number of anilines is 2. The second kappa shape index (κ2) is 10.6. The number of nitrogens with one attached hydrogen (secondary N) is 2. The van der Waals surface area contributed by atoms with Gasteiger partial charge in [0.25, 0.3) is 5.91 Å². The summed E-state index contributed by atoms with van der Waals surface area (Å²) in [5.74, 6) is 0.392.